The van der Waals surface area contributed by atoms with E-state index in [2.05, 4.69) is 29.1 Å². The number of benzene rings is 2. The summed E-state index contributed by atoms with van der Waals surface area (Å²) in [5.74, 6) is 0.237. The Labute approximate surface area is 161 Å². The molecule has 0 aliphatic rings. The summed E-state index contributed by atoms with van der Waals surface area (Å²) in [6.07, 6.45) is 0. The van der Waals surface area contributed by atoms with Gasteiger partial charge >= 0.3 is 7.82 Å². The predicted molar refractivity (Wildman–Crippen MR) is 103 cm³/mol. The van der Waals surface area contributed by atoms with Crippen molar-refractivity contribution in [2.24, 2.45) is 0 Å². The topological polar surface area (TPSA) is 89.0 Å². The van der Waals surface area contributed by atoms with Crippen LogP contribution in [0.4, 0.5) is 0 Å². The van der Waals surface area contributed by atoms with Crippen LogP contribution in [0.2, 0.25) is 0 Å². The van der Waals surface area contributed by atoms with Crippen molar-refractivity contribution in [3.8, 4) is 15.8 Å². The van der Waals surface area contributed by atoms with Gasteiger partial charge in [0.2, 0.25) is 0 Å². The predicted octanol–water partition coefficient (Wildman–Crippen LogP) is 5.22. The van der Waals surface area contributed by atoms with Gasteiger partial charge in [-0.25, -0.2) is 24.3 Å². The Bertz CT molecular complexity index is 1100. The Morgan fingerprint density at radius 2 is 1.48 bits per heavy atom. The van der Waals surface area contributed by atoms with Crippen molar-refractivity contribution in [2.45, 2.75) is 0 Å². The second-order valence-electron chi connectivity index (χ2n) is 5.16. The van der Waals surface area contributed by atoms with E-state index >= 15 is 0 Å². The zero-order valence-corrected chi connectivity index (χ0v) is 16.7. The fourth-order valence-electron chi connectivity index (χ4n) is 2.37. The Morgan fingerprint density at radius 1 is 0.852 bits per heavy atom. The van der Waals surface area contributed by atoms with E-state index in [1.807, 2.05) is 30.3 Å². The molecule has 4 rings (SSSR count). The summed E-state index contributed by atoms with van der Waals surface area (Å²) >= 11 is 3.09. The van der Waals surface area contributed by atoms with Crippen molar-refractivity contribution in [1.29, 1.82) is 0 Å². The first-order chi connectivity index (χ1) is 13.1. The number of rotatable bonds is 7. The lowest BCUT2D eigenvalue weighted by atomic mass is 10.3. The van der Waals surface area contributed by atoms with Crippen molar-refractivity contribution < 1.29 is 28.2 Å². The summed E-state index contributed by atoms with van der Waals surface area (Å²) in [6, 6.07) is 13.0. The van der Waals surface area contributed by atoms with E-state index in [1.165, 1.54) is 25.6 Å². The number of fused-ring (bicyclic) bond motifs is 2. The molecule has 0 amide bonds. The fraction of sp³-hybridized carbons (Fsp3) is 0.125. The molecule has 140 valence electrons. The van der Waals surface area contributed by atoms with Gasteiger partial charge < -0.3 is 4.52 Å². The normalized spacial score (nSPS) is 12.1. The minimum atomic E-state index is -4.07. The van der Waals surface area contributed by atoms with Crippen LogP contribution < -0.4 is 4.52 Å². The van der Waals surface area contributed by atoms with Gasteiger partial charge in [0.25, 0.3) is 0 Å². The molecule has 8 nitrogen and oxygen atoms in total. The highest BCUT2D eigenvalue weighted by Crippen LogP contribution is 2.50. The zero-order valence-electron chi connectivity index (χ0n) is 14.1. The largest absolute Gasteiger partial charge is 0.585 e. The molecular weight excluding hydrogens is 411 g/mol. The lowest BCUT2D eigenvalue weighted by molar-refractivity contribution is -0.253. The molecule has 0 saturated carbocycles. The van der Waals surface area contributed by atoms with Crippen LogP contribution in [-0.2, 0) is 23.7 Å². The minimum absolute atomic E-state index is 0.237. The molecule has 0 spiro atoms. The first-order valence-corrected chi connectivity index (χ1v) is 10.7. The molecule has 27 heavy (non-hydrogen) atoms. The van der Waals surface area contributed by atoms with Crippen LogP contribution in [0.15, 0.2) is 42.5 Å². The molecule has 2 aromatic heterocycles. The molecule has 11 heteroatoms. The van der Waals surface area contributed by atoms with Crippen molar-refractivity contribution in [3.63, 3.8) is 0 Å². The van der Waals surface area contributed by atoms with Gasteiger partial charge in [-0.1, -0.05) is 12.1 Å². The maximum atomic E-state index is 12.3. The van der Waals surface area contributed by atoms with E-state index in [9.17, 15) is 4.57 Å². The van der Waals surface area contributed by atoms with E-state index in [0.717, 1.165) is 24.9 Å². The molecule has 0 atom stereocenters. The number of hydrogen-bond acceptors (Lipinski definition) is 10. The molecule has 0 aliphatic carbocycles. The summed E-state index contributed by atoms with van der Waals surface area (Å²) in [5, 5.41) is 1.64. The van der Waals surface area contributed by atoms with Gasteiger partial charge in [-0.05, 0) is 24.3 Å². The number of nitrogens with zero attached hydrogens (tertiary/aromatic N) is 2. The van der Waals surface area contributed by atoms with Gasteiger partial charge in [-0.15, -0.1) is 32.0 Å². The highest BCUT2D eigenvalue weighted by Gasteiger charge is 2.32. The molecule has 0 aliphatic heterocycles. The fourth-order valence-corrected chi connectivity index (χ4v) is 5.13. The molecular formula is C16H13N2O6PS2. The second kappa shape index (κ2) is 7.61. The molecule has 0 radical (unpaired) electrons. The lowest BCUT2D eigenvalue weighted by Crippen LogP contribution is -2.01. The van der Waals surface area contributed by atoms with E-state index in [0.29, 0.717) is 5.52 Å². The summed E-state index contributed by atoms with van der Waals surface area (Å²) in [5.41, 5.74) is 1.61. The molecule has 0 N–H and O–H groups in total. The maximum absolute atomic E-state index is 12.3. The maximum Gasteiger partial charge on any atom is 0.585 e. The zero-order chi connectivity index (χ0) is 18.9. The van der Waals surface area contributed by atoms with Gasteiger partial charge in [-0.3, -0.25) is 0 Å². The van der Waals surface area contributed by atoms with Crippen molar-refractivity contribution in [3.05, 3.63) is 42.5 Å². The highest BCUT2D eigenvalue weighted by molar-refractivity contribution is 7.48. The van der Waals surface area contributed by atoms with Gasteiger partial charge in [0.05, 0.1) is 34.7 Å². The molecule has 2 aromatic carbocycles. The first kappa shape index (κ1) is 18.5. The minimum Gasteiger partial charge on any atom is -0.401 e. The van der Waals surface area contributed by atoms with Crippen molar-refractivity contribution >= 4 is 50.9 Å². The lowest BCUT2D eigenvalue weighted by Gasteiger charge is -2.13. The van der Waals surface area contributed by atoms with E-state index in [4.69, 9.17) is 4.52 Å². The van der Waals surface area contributed by atoms with Crippen LogP contribution in [0.5, 0.6) is 5.75 Å². The summed E-state index contributed by atoms with van der Waals surface area (Å²) < 4.78 is 28.7. The van der Waals surface area contributed by atoms with Crippen molar-refractivity contribution in [1.82, 2.24) is 9.97 Å². The Hall–Kier alpha value is -1.91. The average Bonchev–Trinajstić information content (AvgIpc) is 3.25. The quantitative estimate of drug-likeness (QED) is 0.227. The van der Waals surface area contributed by atoms with E-state index in [-0.39, 0.29) is 5.75 Å². The number of aromatic nitrogens is 2. The molecule has 0 unspecified atom stereocenters. The smallest absolute Gasteiger partial charge is 0.401 e. The molecule has 2 heterocycles. The van der Waals surface area contributed by atoms with Gasteiger partial charge in [-0.2, -0.15) is 0 Å². The van der Waals surface area contributed by atoms with Crippen molar-refractivity contribution in [2.75, 3.05) is 14.2 Å². The number of hydrogen-bond donors (Lipinski definition) is 0. The number of thiazole rings is 2. The molecule has 0 fully saturated rings. The van der Waals surface area contributed by atoms with Crippen LogP contribution in [0.25, 0.3) is 30.4 Å². The number of para-hydroxylation sites is 1. The second-order valence-corrected chi connectivity index (χ2v) is 8.59. The average molecular weight is 424 g/mol. The monoisotopic (exact) mass is 424 g/mol. The van der Waals surface area contributed by atoms with Crippen LogP contribution >= 0.6 is 30.5 Å². The summed E-state index contributed by atoms with van der Waals surface area (Å²) in [6.45, 7) is 0. The van der Waals surface area contributed by atoms with Crippen LogP contribution in [0.1, 0.15) is 0 Å². The van der Waals surface area contributed by atoms with Gasteiger partial charge in [0.15, 0.2) is 10.0 Å². The number of phosphoric acid groups is 1. The third-order valence-electron chi connectivity index (χ3n) is 3.38. The Kier molecular flexibility index (Phi) is 5.20. The first-order valence-electron chi connectivity index (χ1n) is 7.61. The summed E-state index contributed by atoms with van der Waals surface area (Å²) in [7, 11) is -1.70. The van der Waals surface area contributed by atoms with Gasteiger partial charge in [0, 0.05) is 6.07 Å². The third-order valence-corrected chi connectivity index (χ3v) is 6.70. The highest BCUT2D eigenvalue weighted by atomic mass is 32.1. The third kappa shape index (κ3) is 3.87. The standard InChI is InChI=1S/C16H13N2O6PS2/c1-20-23-25(19,24-21-2)22-10-7-8-14-12(9-10)18-16(27-14)15-17-11-5-3-4-6-13(11)26-15/h3-9H,1-2H3. The van der Waals surface area contributed by atoms with E-state index in [1.54, 1.807) is 23.5 Å². The van der Waals surface area contributed by atoms with Crippen LogP contribution in [0, 0.1) is 0 Å². The SMILES string of the molecule is COOP(=O)(OOC)Oc1ccc2sc(-c3nc4ccccc4s3)nc2c1. The molecule has 4 aromatic rings. The summed E-state index contributed by atoms with van der Waals surface area (Å²) in [4.78, 5) is 18.0. The Morgan fingerprint density at radius 3 is 2.15 bits per heavy atom. The van der Waals surface area contributed by atoms with Gasteiger partial charge in [0.1, 0.15) is 5.75 Å². The van der Waals surface area contributed by atoms with Crippen LogP contribution in [-0.4, -0.2) is 24.2 Å². The molecule has 0 saturated heterocycles. The Balaban J connectivity index is 1.66. The molecule has 0 bridgehead atoms. The van der Waals surface area contributed by atoms with Crippen LogP contribution in [0.3, 0.4) is 0 Å². The van der Waals surface area contributed by atoms with E-state index < -0.39 is 7.82 Å².